The first-order valence-electron chi connectivity index (χ1n) is 12.7. The van der Waals surface area contributed by atoms with Gasteiger partial charge in [-0.05, 0) is 43.2 Å². The minimum atomic E-state index is -0.650. The summed E-state index contributed by atoms with van der Waals surface area (Å²) in [5.41, 5.74) is 4.53. The Bertz CT molecular complexity index is 1490. The zero-order valence-electron chi connectivity index (χ0n) is 21.8. The topological polar surface area (TPSA) is 36.9 Å². The van der Waals surface area contributed by atoms with Crippen molar-refractivity contribution in [3.05, 3.63) is 139 Å². The molecule has 0 N–H and O–H groups in total. The Morgan fingerprint density at radius 3 is 1.41 bits per heavy atom. The van der Waals surface area contributed by atoms with Crippen molar-refractivity contribution in [3.8, 4) is 39.5 Å². The van der Waals surface area contributed by atoms with Gasteiger partial charge in [0.2, 0.25) is 9.03 Å². The van der Waals surface area contributed by atoms with Crippen molar-refractivity contribution in [2.45, 2.75) is 19.4 Å². The zero-order valence-corrected chi connectivity index (χ0v) is 23.8. The quantitative estimate of drug-likeness (QED) is 0.153. The summed E-state index contributed by atoms with van der Waals surface area (Å²) in [6.45, 7) is 4.03. The highest BCUT2D eigenvalue weighted by molar-refractivity contribution is 7.27. The molecule has 2 unspecified atom stereocenters. The molecule has 196 valence electrons. The molecule has 0 aliphatic carbocycles. The van der Waals surface area contributed by atoms with Crippen LogP contribution in [0.25, 0.3) is 22.3 Å². The number of hydrogen-bond donors (Lipinski definition) is 0. The van der Waals surface area contributed by atoms with Crippen molar-refractivity contribution in [1.82, 2.24) is 0 Å². The molecular weight excluding hydrogens is 522 g/mol. The van der Waals surface area contributed by atoms with Gasteiger partial charge in [0, 0.05) is 16.7 Å². The van der Waals surface area contributed by atoms with Gasteiger partial charge >= 0.3 is 0 Å². The molecule has 0 fully saturated rings. The van der Waals surface area contributed by atoms with Crippen molar-refractivity contribution >= 4 is 18.1 Å². The third-order valence-corrected chi connectivity index (χ3v) is 7.73. The molecule has 6 heteroatoms. The maximum Gasteiger partial charge on any atom is 0.275 e. The highest BCUT2D eigenvalue weighted by Gasteiger charge is 2.26. The molecule has 4 nitrogen and oxygen atoms in total. The van der Waals surface area contributed by atoms with Crippen LogP contribution in [0, 0.1) is 0 Å². The molecule has 0 heterocycles. The predicted molar refractivity (Wildman–Crippen MR) is 163 cm³/mol. The molecule has 0 aromatic heterocycles. The van der Waals surface area contributed by atoms with Crippen LogP contribution in [-0.4, -0.2) is 0 Å². The second-order valence-electron chi connectivity index (χ2n) is 9.31. The third kappa shape index (κ3) is 6.85. The fourth-order valence-electron chi connectivity index (χ4n) is 4.21. The second kappa shape index (κ2) is 12.9. The Morgan fingerprint density at radius 1 is 0.436 bits per heavy atom. The van der Waals surface area contributed by atoms with E-state index in [1.807, 2.05) is 111 Å². The molecule has 0 radical (unpaired) electrons. The summed E-state index contributed by atoms with van der Waals surface area (Å²) in [4.78, 5) is 0. The zero-order chi connectivity index (χ0) is 26.9. The monoisotopic (exact) mass is 552 g/mol. The maximum absolute atomic E-state index is 6.28. The van der Waals surface area contributed by atoms with Crippen LogP contribution in [0.3, 0.4) is 0 Å². The summed E-state index contributed by atoms with van der Waals surface area (Å²) in [6, 6.07) is 44.3. The lowest BCUT2D eigenvalue weighted by Gasteiger charge is -2.27. The van der Waals surface area contributed by atoms with Crippen LogP contribution in [-0.2, 0) is 10.1 Å². The van der Waals surface area contributed by atoms with Crippen molar-refractivity contribution in [3.63, 3.8) is 0 Å². The second-order valence-corrected chi connectivity index (χ2v) is 10.5. The van der Waals surface area contributed by atoms with Gasteiger partial charge in [0.1, 0.15) is 17.2 Å². The van der Waals surface area contributed by atoms with E-state index in [1.165, 1.54) is 0 Å². The van der Waals surface area contributed by atoms with Crippen molar-refractivity contribution in [1.29, 1.82) is 0 Å². The molecule has 5 rings (SSSR count). The van der Waals surface area contributed by atoms with Gasteiger partial charge in [-0.25, -0.2) is 0 Å². The predicted octanol–water partition coefficient (Wildman–Crippen LogP) is 9.83. The Labute approximate surface area is 233 Å². The lowest BCUT2D eigenvalue weighted by Crippen LogP contribution is -2.19. The minimum absolute atomic E-state index is 0.198. The van der Waals surface area contributed by atoms with E-state index in [-0.39, 0.29) is 18.1 Å². The largest absolute Gasteiger partial charge is 0.449 e. The molecule has 5 aromatic carbocycles. The summed E-state index contributed by atoms with van der Waals surface area (Å²) >= 11 is 0. The lowest BCUT2D eigenvalue weighted by molar-refractivity contribution is 0.119. The Hall–Kier alpha value is -3.68. The summed E-state index contributed by atoms with van der Waals surface area (Å²) in [6.07, 6.45) is 0. The van der Waals surface area contributed by atoms with Crippen LogP contribution in [0.4, 0.5) is 0 Å². The van der Waals surface area contributed by atoms with Gasteiger partial charge in [0.15, 0.2) is 0 Å². The summed E-state index contributed by atoms with van der Waals surface area (Å²) < 4.78 is 24.7. The normalized spacial score (nSPS) is 11.7. The van der Waals surface area contributed by atoms with Crippen LogP contribution in [0.5, 0.6) is 17.2 Å². The van der Waals surface area contributed by atoms with Crippen molar-refractivity contribution in [2.24, 2.45) is 0 Å². The van der Waals surface area contributed by atoms with Crippen LogP contribution >= 0.6 is 18.1 Å². The fraction of sp³-hybridized carbons (Fsp3) is 0.0909. The van der Waals surface area contributed by atoms with E-state index in [1.54, 1.807) is 0 Å². The molecule has 0 bridgehead atoms. The molecular formula is C33H30O4P2. The van der Waals surface area contributed by atoms with Crippen LogP contribution in [0.2, 0.25) is 0 Å². The molecule has 2 atom stereocenters. The molecule has 0 amide bonds. The molecule has 0 spiro atoms. The summed E-state index contributed by atoms with van der Waals surface area (Å²) in [7, 11) is -0.417. The van der Waals surface area contributed by atoms with Crippen LogP contribution in [0.15, 0.2) is 133 Å². The van der Waals surface area contributed by atoms with Crippen LogP contribution in [0.1, 0.15) is 19.4 Å². The average molecular weight is 553 g/mol. The maximum atomic E-state index is 6.28. The van der Waals surface area contributed by atoms with E-state index in [0.717, 1.165) is 39.3 Å². The standard InChI is InChI=1S/C33H30O4P2/c1-33(2,37-39-35-31-23-13-10-20-28(31)26-17-7-4-8-18-26)29-21-11-14-24-32(29)36-38-34-30-22-12-9-19-27(30)25-15-5-3-6-16-25/h3-24,38-39H,1-2H3. The van der Waals surface area contributed by atoms with Gasteiger partial charge in [-0.3, -0.25) is 0 Å². The first kappa shape index (κ1) is 26.9. The van der Waals surface area contributed by atoms with E-state index in [4.69, 9.17) is 18.1 Å². The SMILES string of the molecule is CC(C)(OPOc1ccccc1-c1ccccc1)c1ccccc1OPOc1ccccc1-c1ccccc1. The first-order chi connectivity index (χ1) is 19.1. The average Bonchev–Trinajstić information content (AvgIpc) is 2.99. The van der Waals surface area contributed by atoms with E-state index in [2.05, 4.69) is 36.4 Å². The number of para-hydroxylation sites is 3. The third-order valence-electron chi connectivity index (χ3n) is 6.23. The van der Waals surface area contributed by atoms with E-state index < -0.39 is 5.60 Å². The van der Waals surface area contributed by atoms with Gasteiger partial charge in [-0.1, -0.05) is 115 Å². The van der Waals surface area contributed by atoms with Gasteiger partial charge in [-0.15, -0.1) is 0 Å². The van der Waals surface area contributed by atoms with E-state index in [0.29, 0.717) is 5.75 Å². The number of benzene rings is 5. The fourth-order valence-corrected chi connectivity index (χ4v) is 5.42. The highest BCUT2D eigenvalue weighted by Crippen LogP contribution is 2.42. The Balaban J connectivity index is 1.24. The smallest absolute Gasteiger partial charge is 0.275 e. The number of hydrogen-bond acceptors (Lipinski definition) is 4. The summed E-state index contributed by atoms with van der Waals surface area (Å²) in [5.74, 6) is 2.28. The lowest BCUT2D eigenvalue weighted by atomic mass is 9.98. The summed E-state index contributed by atoms with van der Waals surface area (Å²) in [5, 5.41) is 0. The van der Waals surface area contributed by atoms with Gasteiger partial charge in [0.05, 0.1) is 5.60 Å². The van der Waals surface area contributed by atoms with Gasteiger partial charge in [-0.2, -0.15) is 0 Å². The molecule has 39 heavy (non-hydrogen) atoms. The number of rotatable bonds is 11. The molecule has 0 aliphatic heterocycles. The Kier molecular flexibility index (Phi) is 8.91. The molecule has 0 saturated heterocycles. The highest BCUT2D eigenvalue weighted by atomic mass is 31.1. The van der Waals surface area contributed by atoms with Crippen molar-refractivity contribution < 1.29 is 18.1 Å². The van der Waals surface area contributed by atoms with E-state index >= 15 is 0 Å². The Morgan fingerprint density at radius 2 is 0.846 bits per heavy atom. The minimum Gasteiger partial charge on any atom is -0.449 e. The van der Waals surface area contributed by atoms with Crippen molar-refractivity contribution in [2.75, 3.05) is 0 Å². The molecule has 0 saturated carbocycles. The molecule has 0 aliphatic rings. The van der Waals surface area contributed by atoms with Gasteiger partial charge < -0.3 is 18.1 Å². The van der Waals surface area contributed by atoms with E-state index in [9.17, 15) is 0 Å². The molecule has 5 aromatic rings. The van der Waals surface area contributed by atoms with Gasteiger partial charge in [0.25, 0.3) is 9.03 Å². The van der Waals surface area contributed by atoms with Crippen LogP contribution < -0.4 is 13.6 Å². The first-order valence-corrected chi connectivity index (χ1v) is 14.3.